The molecule has 6 heteroatoms. The molecule has 0 unspecified atom stereocenters. The Balaban J connectivity index is 2.77. The molecule has 0 radical (unpaired) electrons. The molecule has 1 amide bonds. The van der Waals surface area contributed by atoms with Crippen molar-refractivity contribution in [3.63, 3.8) is 0 Å². The minimum absolute atomic E-state index is 0.000237. The highest BCUT2D eigenvalue weighted by Gasteiger charge is 2.17. The van der Waals surface area contributed by atoms with Crippen molar-refractivity contribution in [1.29, 1.82) is 0 Å². The van der Waals surface area contributed by atoms with E-state index in [2.05, 4.69) is 10.4 Å². The number of nitrogens with one attached hydrogen (secondary N) is 1. The Labute approximate surface area is 108 Å². The predicted molar refractivity (Wildman–Crippen MR) is 73.6 cm³/mol. The Morgan fingerprint density at radius 1 is 1.50 bits per heavy atom. The summed E-state index contributed by atoms with van der Waals surface area (Å²) >= 11 is 0. The summed E-state index contributed by atoms with van der Waals surface area (Å²) in [4.78, 5) is 13.5. The van der Waals surface area contributed by atoms with Gasteiger partial charge in [0.05, 0.1) is 17.9 Å². The van der Waals surface area contributed by atoms with Gasteiger partial charge in [-0.15, -0.1) is 0 Å². The summed E-state index contributed by atoms with van der Waals surface area (Å²) in [6, 6.07) is 0. The van der Waals surface area contributed by atoms with Crippen LogP contribution in [0.15, 0.2) is 0 Å². The van der Waals surface area contributed by atoms with E-state index in [9.17, 15) is 4.79 Å². The third-order valence-electron chi connectivity index (χ3n) is 2.76. The van der Waals surface area contributed by atoms with E-state index in [1.165, 1.54) is 0 Å². The SMILES string of the molecule is CCCNC(=O)CN(C)c1c(N)c(C)nn1CC. The molecule has 1 rings (SSSR count). The fourth-order valence-electron chi connectivity index (χ4n) is 1.82. The van der Waals surface area contributed by atoms with Crippen LogP contribution in [0.1, 0.15) is 26.0 Å². The Hall–Kier alpha value is -1.72. The first-order valence-electron chi connectivity index (χ1n) is 6.31. The van der Waals surface area contributed by atoms with E-state index in [0.29, 0.717) is 12.2 Å². The quantitative estimate of drug-likeness (QED) is 0.784. The first-order chi connectivity index (χ1) is 8.51. The minimum atomic E-state index is 0.000237. The first-order valence-corrected chi connectivity index (χ1v) is 6.31. The van der Waals surface area contributed by atoms with Gasteiger partial charge in [-0.25, -0.2) is 4.68 Å². The van der Waals surface area contributed by atoms with Gasteiger partial charge in [-0.1, -0.05) is 6.92 Å². The molecule has 0 spiro atoms. The zero-order valence-corrected chi connectivity index (χ0v) is 11.7. The number of aromatic nitrogens is 2. The topological polar surface area (TPSA) is 76.2 Å². The second-order valence-corrected chi connectivity index (χ2v) is 4.34. The molecule has 0 fully saturated rings. The lowest BCUT2D eigenvalue weighted by atomic mass is 10.3. The van der Waals surface area contributed by atoms with E-state index in [1.807, 2.05) is 37.4 Å². The van der Waals surface area contributed by atoms with Crippen LogP contribution in [0.5, 0.6) is 0 Å². The van der Waals surface area contributed by atoms with Gasteiger partial charge in [0.2, 0.25) is 5.91 Å². The van der Waals surface area contributed by atoms with Crippen LogP contribution in [0.2, 0.25) is 0 Å². The maximum atomic E-state index is 11.7. The second-order valence-electron chi connectivity index (χ2n) is 4.34. The van der Waals surface area contributed by atoms with E-state index in [0.717, 1.165) is 24.5 Å². The van der Waals surface area contributed by atoms with Crippen molar-refractivity contribution in [2.75, 3.05) is 30.8 Å². The number of nitrogen functional groups attached to an aromatic ring is 1. The summed E-state index contributed by atoms with van der Waals surface area (Å²) in [6.07, 6.45) is 0.934. The van der Waals surface area contributed by atoms with Crippen LogP contribution >= 0.6 is 0 Å². The lowest BCUT2D eigenvalue weighted by molar-refractivity contribution is -0.119. The third kappa shape index (κ3) is 3.15. The number of likely N-dealkylation sites (N-methyl/N-ethyl adjacent to an activating group) is 1. The van der Waals surface area contributed by atoms with Gasteiger partial charge in [-0.2, -0.15) is 5.10 Å². The monoisotopic (exact) mass is 253 g/mol. The number of aryl methyl sites for hydroxylation is 2. The molecule has 0 saturated heterocycles. The maximum Gasteiger partial charge on any atom is 0.239 e. The Morgan fingerprint density at radius 2 is 2.17 bits per heavy atom. The standard InChI is InChI=1S/C12H23N5O/c1-5-7-14-10(18)8-16(4)12-11(13)9(3)15-17(12)6-2/h5-8,13H2,1-4H3,(H,14,18). The van der Waals surface area contributed by atoms with Crippen molar-refractivity contribution in [2.45, 2.75) is 33.7 Å². The smallest absolute Gasteiger partial charge is 0.239 e. The van der Waals surface area contributed by atoms with Gasteiger partial charge >= 0.3 is 0 Å². The first kappa shape index (κ1) is 14.3. The molecule has 0 saturated carbocycles. The molecule has 1 aromatic rings. The molecule has 18 heavy (non-hydrogen) atoms. The molecule has 0 aliphatic rings. The summed E-state index contributed by atoms with van der Waals surface area (Å²) in [7, 11) is 1.85. The van der Waals surface area contributed by atoms with Gasteiger partial charge in [0, 0.05) is 20.1 Å². The number of rotatable bonds is 6. The number of hydrogen-bond acceptors (Lipinski definition) is 4. The van der Waals surface area contributed by atoms with Crippen LogP contribution in [0.25, 0.3) is 0 Å². The number of carbonyl (C=O) groups is 1. The molecular formula is C12H23N5O. The predicted octanol–water partition coefficient (Wildman–Crippen LogP) is 0.756. The van der Waals surface area contributed by atoms with Crippen molar-refractivity contribution < 1.29 is 4.79 Å². The van der Waals surface area contributed by atoms with Gasteiger partial charge < -0.3 is 16.0 Å². The largest absolute Gasteiger partial charge is 0.394 e. The zero-order valence-electron chi connectivity index (χ0n) is 11.7. The van der Waals surface area contributed by atoms with Crippen molar-refractivity contribution in [3.8, 4) is 0 Å². The van der Waals surface area contributed by atoms with E-state index >= 15 is 0 Å². The molecule has 1 aromatic heterocycles. The highest BCUT2D eigenvalue weighted by atomic mass is 16.2. The summed E-state index contributed by atoms with van der Waals surface area (Å²) in [6.45, 7) is 7.62. The average Bonchev–Trinajstić information content (AvgIpc) is 2.62. The average molecular weight is 253 g/mol. The summed E-state index contributed by atoms with van der Waals surface area (Å²) in [5.41, 5.74) is 7.44. The molecule has 0 aromatic carbocycles. The fourth-order valence-corrected chi connectivity index (χ4v) is 1.82. The van der Waals surface area contributed by atoms with E-state index in [1.54, 1.807) is 0 Å². The van der Waals surface area contributed by atoms with Gasteiger partial charge in [0.15, 0.2) is 5.82 Å². The Morgan fingerprint density at radius 3 is 2.72 bits per heavy atom. The van der Waals surface area contributed by atoms with Gasteiger partial charge in [0.25, 0.3) is 0 Å². The van der Waals surface area contributed by atoms with Gasteiger partial charge in [-0.3, -0.25) is 4.79 Å². The van der Waals surface area contributed by atoms with E-state index in [4.69, 9.17) is 5.73 Å². The number of amides is 1. The summed E-state index contributed by atoms with van der Waals surface area (Å²) in [5, 5.41) is 7.18. The van der Waals surface area contributed by atoms with E-state index in [-0.39, 0.29) is 12.5 Å². The molecule has 0 atom stereocenters. The van der Waals surface area contributed by atoms with Crippen LogP contribution in [-0.4, -0.2) is 35.8 Å². The van der Waals surface area contributed by atoms with Crippen molar-refractivity contribution >= 4 is 17.4 Å². The number of anilines is 2. The molecule has 0 bridgehead atoms. The molecule has 0 aliphatic heterocycles. The minimum Gasteiger partial charge on any atom is -0.394 e. The normalized spacial score (nSPS) is 10.4. The molecule has 1 heterocycles. The van der Waals surface area contributed by atoms with Crippen LogP contribution in [0.3, 0.4) is 0 Å². The van der Waals surface area contributed by atoms with Crippen LogP contribution in [-0.2, 0) is 11.3 Å². The lowest BCUT2D eigenvalue weighted by Crippen LogP contribution is -2.36. The highest BCUT2D eigenvalue weighted by molar-refractivity contribution is 5.82. The lowest BCUT2D eigenvalue weighted by Gasteiger charge is -2.20. The molecule has 3 N–H and O–H groups in total. The van der Waals surface area contributed by atoms with Gasteiger partial charge in [-0.05, 0) is 20.3 Å². The Kier molecular flexibility index (Phi) is 5.00. The van der Waals surface area contributed by atoms with Crippen LogP contribution in [0.4, 0.5) is 11.5 Å². The molecule has 102 valence electrons. The highest BCUT2D eigenvalue weighted by Crippen LogP contribution is 2.25. The number of hydrogen-bond donors (Lipinski definition) is 2. The Bertz CT molecular complexity index is 413. The van der Waals surface area contributed by atoms with Crippen LogP contribution < -0.4 is 16.0 Å². The number of nitrogens with zero attached hydrogens (tertiary/aromatic N) is 3. The number of nitrogens with two attached hydrogens (primary N) is 1. The summed E-state index contributed by atoms with van der Waals surface area (Å²) < 4.78 is 1.82. The van der Waals surface area contributed by atoms with Crippen molar-refractivity contribution in [3.05, 3.63) is 5.69 Å². The van der Waals surface area contributed by atoms with Crippen molar-refractivity contribution in [2.24, 2.45) is 0 Å². The van der Waals surface area contributed by atoms with Crippen LogP contribution in [0, 0.1) is 6.92 Å². The zero-order chi connectivity index (χ0) is 13.7. The maximum absolute atomic E-state index is 11.7. The second kappa shape index (κ2) is 6.28. The van der Waals surface area contributed by atoms with Gasteiger partial charge in [0.1, 0.15) is 0 Å². The molecule has 0 aliphatic carbocycles. The molecular weight excluding hydrogens is 230 g/mol. The molecule has 6 nitrogen and oxygen atoms in total. The fraction of sp³-hybridized carbons (Fsp3) is 0.667. The van der Waals surface area contributed by atoms with Crippen molar-refractivity contribution in [1.82, 2.24) is 15.1 Å². The third-order valence-corrected chi connectivity index (χ3v) is 2.76. The number of carbonyl (C=O) groups excluding carboxylic acids is 1. The summed E-state index contributed by atoms with van der Waals surface area (Å²) in [5.74, 6) is 0.807. The van der Waals surface area contributed by atoms with E-state index < -0.39 is 0 Å².